The van der Waals surface area contributed by atoms with Crippen molar-refractivity contribution in [1.29, 1.82) is 0 Å². The van der Waals surface area contributed by atoms with Crippen LogP contribution < -0.4 is 0 Å². The lowest BCUT2D eigenvalue weighted by molar-refractivity contribution is 0.0889. The second-order valence-corrected chi connectivity index (χ2v) is 7.01. The van der Waals surface area contributed by atoms with Crippen molar-refractivity contribution in [3.05, 3.63) is 29.8 Å². The summed E-state index contributed by atoms with van der Waals surface area (Å²) in [6.45, 7) is 0. The number of carbonyl (C=O) groups excluding carboxylic acids is 1. The van der Waals surface area contributed by atoms with Crippen LogP contribution in [0.3, 0.4) is 0 Å². The third-order valence-corrected chi connectivity index (χ3v) is 4.63. The molecule has 1 aromatic rings. The van der Waals surface area contributed by atoms with E-state index in [1.807, 2.05) is 0 Å². The van der Waals surface area contributed by atoms with Gasteiger partial charge in [-0.2, -0.15) is 0 Å². The summed E-state index contributed by atoms with van der Waals surface area (Å²) in [4.78, 5) is 12.5. The van der Waals surface area contributed by atoms with Gasteiger partial charge in [0.2, 0.25) is 0 Å². The first kappa shape index (κ1) is 13.3. The minimum Gasteiger partial charge on any atom is -0.294 e. The highest BCUT2D eigenvalue weighted by Crippen LogP contribution is 2.27. The van der Waals surface area contributed by atoms with E-state index in [9.17, 15) is 13.2 Å². The zero-order chi connectivity index (χ0) is 13.2. The van der Waals surface area contributed by atoms with Gasteiger partial charge in [-0.1, -0.05) is 31.4 Å². The average Bonchev–Trinajstić information content (AvgIpc) is 2.38. The Hall–Kier alpha value is -1.16. The van der Waals surface area contributed by atoms with Gasteiger partial charge in [-0.3, -0.25) is 4.79 Å². The van der Waals surface area contributed by atoms with Crippen molar-refractivity contribution in [1.82, 2.24) is 0 Å². The van der Waals surface area contributed by atoms with Crippen LogP contribution in [0.25, 0.3) is 0 Å². The molecule has 0 unspecified atom stereocenters. The van der Waals surface area contributed by atoms with Crippen LogP contribution >= 0.6 is 0 Å². The molecular weight excluding hydrogens is 248 g/mol. The molecule has 1 saturated carbocycles. The van der Waals surface area contributed by atoms with Gasteiger partial charge in [0.05, 0.1) is 4.90 Å². The van der Waals surface area contributed by atoms with E-state index in [0.717, 1.165) is 31.9 Å². The summed E-state index contributed by atoms with van der Waals surface area (Å²) < 4.78 is 22.9. The predicted octanol–water partition coefficient (Wildman–Crippen LogP) is 2.85. The van der Waals surface area contributed by atoms with E-state index in [0.29, 0.717) is 5.56 Å². The highest BCUT2D eigenvalue weighted by molar-refractivity contribution is 7.90. The predicted molar refractivity (Wildman–Crippen MR) is 70.5 cm³/mol. The van der Waals surface area contributed by atoms with Gasteiger partial charge in [-0.05, 0) is 25.0 Å². The van der Waals surface area contributed by atoms with Crippen LogP contribution in [0.4, 0.5) is 0 Å². The van der Waals surface area contributed by atoms with Crippen LogP contribution in [0, 0.1) is 5.92 Å². The van der Waals surface area contributed by atoms with Crippen molar-refractivity contribution in [2.24, 2.45) is 5.92 Å². The fraction of sp³-hybridized carbons (Fsp3) is 0.500. The minimum absolute atomic E-state index is 0.0774. The Balaban J connectivity index is 2.25. The smallest absolute Gasteiger partial charge is 0.175 e. The molecule has 0 spiro atoms. The first-order chi connectivity index (χ1) is 8.48. The molecule has 0 N–H and O–H groups in total. The lowest BCUT2D eigenvalue weighted by Gasteiger charge is -2.20. The van der Waals surface area contributed by atoms with Crippen molar-refractivity contribution in [3.63, 3.8) is 0 Å². The summed E-state index contributed by atoms with van der Waals surface area (Å²) in [5.74, 6) is 0.175. The SMILES string of the molecule is CS(=O)(=O)c1cccc(C(=O)C2CCCCC2)c1. The van der Waals surface area contributed by atoms with Gasteiger partial charge in [0.15, 0.2) is 15.6 Å². The minimum atomic E-state index is -3.24. The number of sulfone groups is 1. The molecule has 0 atom stereocenters. The Morgan fingerprint density at radius 1 is 1.17 bits per heavy atom. The Morgan fingerprint density at radius 3 is 2.44 bits per heavy atom. The number of rotatable bonds is 3. The number of ketones is 1. The van der Waals surface area contributed by atoms with Gasteiger partial charge in [-0.25, -0.2) is 8.42 Å². The molecule has 1 aliphatic carbocycles. The van der Waals surface area contributed by atoms with Crippen LogP contribution in [-0.2, 0) is 9.84 Å². The molecule has 0 aromatic heterocycles. The van der Waals surface area contributed by atoms with E-state index < -0.39 is 9.84 Å². The molecule has 3 nitrogen and oxygen atoms in total. The first-order valence-electron chi connectivity index (χ1n) is 6.33. The lowest BCUT2D eigenvalue weighted by Crippen LogP contribution is -2.18. The third kappa shape index (κ3) is 2.99. The average molecular weight is 266 g/mol. The zero-order valence-corrected chi connectivity index (χ0v) is 11.4. The Morgan fingerprint density at radius 2 is 1.83 bits per heavy atom. The standard InChI is InChI=1S/C14H18O3S/c1-18(16,17)13-9-5-8-12(10-13)14(15)11-6-3-2-4-7-11/h5,8-11H,2-4,6-7H2,1H3. The van der Waals surface area contributed by atoms with Gasteiger partial charge in [0.1, 0.15) is 0 Å². The van der Waals surface area contributed by atoms with Gasteiger partial charge in [-0.15, -0.1) is 0 Å². The molecule has 0 aliphatic heterocycles. The van der Waals surface area contributed by atoms with Crippen LogP contribution in [0.5, 0.6) is 0 Å². The summed E-state index contributed by atoms with van der Waals surface area (Å²) in [5, 5.41) is 0. The maximum Gasteiger partial charge on any atom is 0.175 e. The fourth-order valence-corrected chi connectivity index (χ4v) is 3.15. The molecule has 0 saturated heterocycles. The Bertz CT molecular complexity index is 540. The largest absolute Gasteiger partial charge is 0.294 e. The molecule has 0 radical (unpaired) electrons. The van der Waals surface area contributed by atoms with Crippen molar-refractivity contribution < 1.29 is 13.2 Å². The lowest BCUT2D eigenvalue weighted by atomic mass is 9.84. The Labute approximate surface area is 108 Å². The number of hydrogen-bond acceptors (Lipinski definition) is 3. The van der Waals surface area contributed by atoms with E-state index in [1.54, 1.807) is 12.1 Å². The highest BCUT2D eigenvalue weighted by Gasteiger charge is 2.23. The van der Waals surface area contributed by atoms with Crippen molar-refractivity contribution >= 4 is 15.6 Å². The highest BCUT2D eigenvalue weighted by atomic mass is 32.2. The number of Topliss-reactive ketones (excluding diaryl/α,β-unsaturated/α-hetero) is 1. The zero-order valence-electron chi connectivity index (χ0n) is 10.6. The molecule has 1 aliphatic rings. The van der Waals surface area contributed by atoms with Crippen LogP contribution in [-0.4, -0.2) is 20.5 Å². The van der Waals surface area contributed by atoms with Gasteiger partial charge >= 0.3 is 0 Å². The van der Waals surface area contributed by atoms with Gasteiger partial charge in [0, 0.05) is 17.7 Å². The van der Waals surface area contributed by atoms with Crippen LogP contribution in [0.1, 0.15) is 42.5 Å². The molecule has 0 bridgehead atoms. The van der Waals surface area contributed by atoms with E-state index in [4.69, 9.17) is 0 Å². The molecule has 0 heterocycles. The molecule has 98 valence electrons. The molecule has 4 heteroatoms. The van der Waals surface area contributed by atoms with Crippen LogP contribution in [0.2, 0.25) is 0 Å². The van der Waals surface area contributed by atoms with E-state index in [2.05, 4.69) is 0 Å². The van der Waals surface area contributed by atoms with E-state index >= 15 is 0 Å². The fourth-order valence-electron chi connectivity index (χ4n) is 2.48. The Kier molecular flexibility index (Phi) is 3.85. The molecule has 18 heavy (non-hydrogen) atoms. The third-order valence-electron chi connectivity index (χ3n) is 3.52. The van der Waals surface area contributed by atoms with E-state index in [1.165, 1.54) is 18.6 Å². The summed E-state index contributed by atoms with van der Waals surface area (Å²) in [6, 6.07) is 6.40. The number of carbonyl (C=O) groups is 1. The second kappa shape index (κ2) is 5.22. The normalized spacial score (nSPS) is 17.6. The molecule has 2 rings (SSSR count). The van der Waals surface area contributed by atoms with Crippen molar-refractivity contribution in [3.8, 4) is 0 Å². The summed E-state index contributed by atoms with van der Waals surface area (Å²) in [7, 11) is -3.24. The quantitative estimate of drug-likeness (QED) is 0.790. The van der Waals surface area contributed by atoms with E-state index in [-0.39, 0.29) is 16.6 Å². The summed E-state index contributed by atoms with van der Waals surface area (Å²) >= 11 is 0. The molecule has 1 fully saturated rings. The maximum atomic E-state index is 12.3. The molecule has 1 aromatic carbocycles. The first-order valence-corrected chi connectivity index (χ1v) is 8.22. The van der Waals surface area contributed by atoms with Gasteiger partial charge < -0.3 is 0 Å². The number of benzene rings is 1. The summed E-state index contributed by atoms with van der Waals surface area (Å²) in [5.41, 5.74) is 0.532. The monoisotopic (exact) mass is 266 g/mol. The van der Waals surface area contributed by atoms with Crippen LogP contribution in [0.15, 0.2) is 29.2 Å². The number of hydrogen-bond donors (Lipinski definition) is 0. The summed E-state index contributed by atoms with van der Waals surface area (Å²) in [6.07, 6.45) is 6.43. The molecule has 0 amide bonds. The topological polar surface area (TPSA) is 51.2 Å². The maximum absolute atomic E-state index is 12.3. The van der Waals surface area contributed by atoms with Crippen molar-refractivity contribution in [2.45, 2.75) is 37.0 Å². The second-order valence-electron chi connectivity index (χ2n) is 5.00. The molecular formula is C14H18O3S. The van der Waals surface area contributed by atoms with Crippen molar-refractivity contribution in [2.75, 3.05) is 6.26 Å². The van der Waals surface area contributed by atoms with Gasteiger partial charge in [0.25, 0.3) is 0 Å².